The highest BCUT2D eigenvalue weighted by atomic mass is 16.5. The minimum atomic E-state index is -0.851. The molecule has 3 N–H and O–H groups in total. The van der Waals surface area contributed by atoms with Crippen LogP contribution >= 0.6 is 0 Å². The van der Waals surface area contributed by atoms with Gasteiger partial charge >= 0.3 is 5.97 Å². The van der Waals surface area contributed by atoms with E-state index in [9.17, 15) is 19.8 Å². The molecule has 6 nitrogen and oxygen atoms in total. The summed E-state index contributed by atoms with van der Waals surface area (Å²) in [7, 11) is 0. The molecule has 0 heterocycles. The number of allylic oxidation sites excluding steroid dienone is 7. The smallest absolute Gasteiger partial charge is 0.305 e. The lowest BCUT2D eigenvalue weighted by Gasteiger charge is -2.20. The van der Waals surface area contributed by atoms with Crippen LogP contribution in [0, 0.1) is 0 Å². The molecule has 0 saturated carbocycles. The van der Waals surface area contributed by atoms with E-state index in [2.05, 4.69) is 55.6 Å². The third kappa shape index (κ3) is 60.9. The number of aliphatic hydroxyl groups is 2. The molecule has 2 atom stereocenters. The van der Waals surface area contributed by atoms with Gasteiger partial charge in [-0.3, -0.25) is 9.59 Å². The van der Waals surface area contributed by atoms with Crippen molar-refractivity contribution < 1.29 is 24.5 Å². The number of aliphatic hydroxyl groups excluding tert-OH is 2. The molecule has 0 aromatic carbocycles. The Morgan fingerprint density at radius 3 is 1.08 bits per heavy atom. The summed E-state index contributed by atoms with van der Waals surface area (Å²) in [6.45, 7) is 4.85. The van der Waals surface area contributed by atoms with Crippen LogP contribution in [0.3, 0.4) is 0 Å². The lowest BCUT2D eigenvalue weighted by atomic mass is 10.0. The molecule has 0 fully saturated rings. The van der Waals surface area contributed by atoms with Gasteiger partial charge in [0.05, 0.1) is 25.4 Å². The quantitative estimate of drug-likeness (QED) is 0.0320. The van der Waals surface area contributed by atoms with Crippen LogP contribution in [-0.4, -0.2) is 47.4 Å². The van der Waals surface area contributed by atoms with E-state index in [0.717, 1.165) is 57.8 Å². The van der Waals surface area contributed by atoms with E-state index in [-0.39, 0.29) is 18.5 Å². The maximum Gasteiger partial charge on any atom is 0.305 e. The predicted molar refractivity (Wildman–Crippen MR) is 329 cm³/mol. The van der Waals surface area contributed by atoms with Gasteiger partial charge in [-0.05, 0) is 83.5 Å². The van der Waals surface area contributed by atoms with Crippen molar-refractivity contribution in [3.63, 3.8) is 0 Å². The van der Waals surface area contributed by atoms with Gasteiger partial charge < -0.3 is 20.3 Å². The van der Waals surface area contributed by atoms with Crippen LogP contribution in [0.25, 0.3) is 0 Å². The Kier molecular flexibility index (Phi) is 62.5. The lowest BCUT2D eigenvalue weighted by molar-refractivity contribution is -0.143. The van der Waals surface area contributed by atoms with Crippen LogP contribution in [0.15, 0.2) is 48.6 Å². The minimum Gasteiger partial charge on any atom is -0.466 e. The Hall–Kier alpha value is -2.18. The molecule has 0 rings (SSSR count). The van der Waals surface area contributed by atoms with Crippen LogP contribution in [-0.2, 0) is 14.3 Å². The highest BCUT2D eigenvalue weighted by molar-refractivity contribution is 5.76. The van der Waals surface area contributed by atoms with E-state index < -0.39 is 12.1 Å². The van der Waals surface area contributed by atoms with Crippen molar-refractivity contribution in [1.82, 2.24) is 5.32 Å². The van der Waals surface area contributed by atoms with Gasteiger partial charge in [0.2, 0.25) is 5.91 Å². The van der Waals surface area contributed by atoms with E-state index >= 15 is 0 Å². The normalized spacial score (nSPS) is 12.9. The molecular weight excluding hydrogens is 923 g/mol. The second kappa shape index (κ2) is 64.3. The van der Waals surface area contributed by atoms with Crippen LogP contribution in [0.5, 0.6) is 0 Å². The molecule has 0 radical (unpaired) electrons. The summed E-state index contributed by atoms with van der Waals surface area (Å²) >= 11 is 0. The standard InChI is InChI=1S/C69H129NO5/c1-3-5-7-9-11-13-15-17-18-19-20-21-22-25-28-31-34-38-41-45-49-53-57-61-67(72)66(65-71)70-68(73)62-58-54-50-46-42-39-35-32-29-26-23-24-27-30-33-36-40-44-48-52-56-60-64-75-69(74)63-59-55-51-47-43-37-16-14-12-10-8-6-4-2/h8,10,14,16,26,29,57,61,66-67,71-72H,3-7,9,11-13,15,17-25,27-28,30-56,58-60,62-65H2,1-2H3,(H,70,73)/b10-8-,16-14-,29-26-,61-57+. The average molecular weight is 1050 g/mol. The zero-order valence-corrected chi connectivity index (χ0v) is 50.3. The Bertz CT molecular complexity index is 1260. The molecule has 0 aliphatic carbocycles. The monoisotopic (exact) mass is 1050 g/mol. The lowest BCUT2D eigenvalue weighted by Crippen LogP contribution is -2.45. The first-order chi connectivity index (χ1) is 37.0. The largest absolute Gasteiger partial charge is 0.466 e. The summed E-state index contributed by atoms with van der Waals surface area (Å²) in [6, 6.07) is -0.635. The molecule has 0 bridgehead atoms. The van der Waals surface area contributed by atoms with Gasteiger partial charge in [-0.15, -0.1) is 0 Å². The number of hydrogen-bond acceptors (Lipinski definition) is 5. The van der Waals surface area contributed by atoms with E-state index in [1.165, 1.54) is 270 Å². The number of rotatable bonds is 62. The fourth-order valence-corrected chi connectivity index (χ4v) is 10.2. The van der Waals surface area contributed by atoms with Crippen molar-refractivity contribution in [2.45, 2.75) is 366 Å². The van der Waals surface area contributed by atoms with Crippen LogP contribution < -0.4 is 5.32 Å². The van der Waals surface area contributed by atoms with Gasteiger partial charge in [0, 0.05) is 12.8 Å². The average Bonchev–Trinajstić information content (AvgIpc) is 3.41. The zero-order chi connectivity index (χ0) is 54.3. The van der Waals surface area contributed by atoms with E-state index in [0.29, 0.717) is 19.4 Å². The Morgan fingerprint density at radius 2 is 0.693 bits per heavy atom. The van der Waals surface area contributed by atoms with Gasteiger partial charge in [-0.2, -0.15) is 0 Å². The molecule has 2 unspecified atom stereocenters. The summed E-state index contributed by atoms with van der Waals surface area (Å²) in [6.07, 6.45) is 83.1. The molecule has 0 spiro atoms. The molecule has 440 valence electrons. The van der Waals surface area contributed by atoms with Crippen molar-refractivity contribution in [2.75, 3.05) is 13.2 Å². The Morgan fingerprint density at radius 1 is 0.373 bits per heavy atom. The molecular formula is C69H129NO5. The van der Waals surface area contributed by atoms with Crippen molar-refractivity contribution in [1.29, 1.82) is 0 Å². The van der Waals surface area contributed by atoms with E-state index in [1.54, 1.807) is 6.08 Å². The summed E-state index contributed by atoms with van der Waals surface area (Å²) < 4.78 is 5.47. The number of ether oxygens (including phenoxy) is 1. The number of unbranched alkanes of at least 4 members (excludes halogenated alkanes) is 45. The van der Waals surface area contributed by atoms with E-state index in [1.807, 2.05) is 6.08 Å². The minimum absolute atomic E-state index is 0.00596. The predicted octanol–water partition coefficient (Wildman–Crippen LogP) is 21.3. The number of amides is 1. The first kappa shape index (κ1) is 72.8. The molecule has 0 aliphatic rings. The van der Waals surface area contributed by atoms with Crippen LogP contribution in [0.2, 0.25) is 0 Å². The van der Waals surface area contributed by atoms with Crippen LogP contribution in [0.1, 0.15) is 354 Å². The molecule has 6 heteroatoms. The third-order valence-electron chi connectivity index (χ3n) is 15.3. The number of hydrogen-bond donors (Lipinski definition) is 3. The molecule has 75 heavy (non-hydrogen) atoms. The summed E-state index contributed by atoms with van der Waals surface area (Å²) in [5.41, 5.74) is 0. The van der Waals surface area contributed by atoms with Gasteiger partial charge in [-0.1, -0.05) is 306 Å². The molecule has 0 aromatic rings. The maximum absolute atomic E-state index is 12.5. The molecule has 0 aromatic heterocycles. The Labute approximate surface area is 467 Å². The SMILES string of the molecule is CCC/C=C\C/C=C\CCCCCCCC(=O)OCCCCCCCCCCCCC/C=C\CCCCCCCCCC(=O)NC(CO)C(O)/C=C/CCCCCCCCCCCCCCCCCCCCCCC. The number of carbonyl (C=O) groups is 2. The van der Waals surface area contributed by atoms with Gasteiger partial charge in [0.1, 0.15) is 0 Å². The molecule has 0 aliphatic heterocycles. The maximum atomic E-state index is 12.5. The van der Waals surface area contributed by atoms with Gasteiger partial charge in [-0.25, -0.2) is 0 Å². The van der Waals surface area contributed by atoms with Crippen molar-refractivity contribution >= 4 is 11.9 Å². The highest BCUT2D eigenvalue weighted by Gasteiger charge is 2.18. The fraction of sp³-hybridized carbons (Fsp3) is 0.855. The number of esters is 1. The second-order valence-corrected chi connectivity index (χ2v) is 22.8. The summed E-state index contributed by atoms with van der Waals surface area (Å²) in [5, 5.41) is 23.2. The van der Waals surface area contributed by atoms with Crippen molar-refractivity contribution in [3.05, 3.63) is 48.6 Å². The van der Waals surface area contributed by atoms with Gasteiger partial charge in [0.25, 0.3) is 0 Å². The van der Waals surface area contributed by atoms with Crippen molar-refractivity contribution in [3.8, 4) is 0 Å². The first-order valence-corrected chi connectivity index (χ1v) is 33.4. The Balaban J connectivity index is 3.46. The van der Waals surface area contributed by atoms with E-state index in [4.69, 9.17) is 4.74 Å². The summed E-state index contributed by atoms with van der Waals surface area (Å²) in [4.78, 5) is 24.5. The first-order valence-electron chi connectivity index (χ1n) is 33.4. The van der Waals surface area contributed by atoms with Crippen LogP contribution in [0.4, 0.5) is 0 Å². The zero-order valence-electron chi connectivity index (χ0n) is 50.3. The third-order valence-corrected chi connectivity index (χ3v) is 15.3. The van der Waals surface area contributed by atoms with Gasteiger partial charge in [0.15, 0.2) is 0 Å². The number of carbonyl (C=O) groups excluding carboxylic acids is 2. The van der Waals surface area contributed by atoms with Crippen molar-refractivity contribution in [2.24, 2.45) is 0 Å². The fourth-order valence-electron chi connectivity index (χ4n) is 10.2. The summed E-state index contributed by atoms with van der Waals surface area (Å²) in [5.74, 6) is -0.0784. The topological polar surface area (TPSA) is 95.9 Å². The molecule has 0 saturated heterocycles. The second-order valence-electron chi connectivity index (χ2n) is 22.8. The highest BCUT2D eigenvalue weighted by Crippen LogP contribution is 2.18. The number of nitrogens with one attached hydrogen (secondary N) is 1. The molecule has 1 amide bonds.